The maximum absolute atomic E-state index is 11.7. The summed E-state index contributed by atoms with van der Waals surface area (Å²) in [5.74, 6) is 0.687. The van der Waals surface area contributed by atoms with E-state index in [0.717, 1.165) is 32.4 Å². The second-order valence-electron chi connectivity index (χ2n) is 4.66. The van der Waals surface area contributed by atoms with E-state index >= 15 is 0 Å². The van der Waals surface area contributed by atoms with Crippen LogP contribution in [0.15, 0.2) is 0 Å². The van der Waals surface area contributed by atoms with Crippen molar-refractivity contribution < 1.29 is 8.42 Å². The lowest BCUT2D eigenvalue weighted by Gasteiger charge is -2.23. The highest BCUT2D eigenvalue weighted by atomic mass is 35.5. The molecule has 16 heavy (non-hydrogen) atoms. The van der Waals surface area contributed by atoms with E-state index in [-0.39, 0.29) is 24.2 Å². The largest absolute Gasteiger partial charge is 0.315 e. The average Bonchev–Trinajstić information content (AvgIpc) is 2.16. The van der Waals surface area contributed by atoms with Gasteiger partial charge in [0, 0.05) is 12.6 Å². The summed E-state index contributed by atoms with van der Waals surface area (Å²) in [7, 11) is -3.07. The van der Waals surface area contributed by atoms with Crippen LogP contribution >= 0.6 is 12.4 Å². The standard InChI is InChI=1S/C10H22N2O2S.ClH/c1-9(2)5-7-15(13,14)12-10-4-3-6-11-8-10;/h9-12H,3-8H2,1-2H3;1H. The van der Waals surface area contributed by atoms with E-state index in [1.165, 1.54) is 0 Å². The third-order valence-corrected chi connectivity index (χ3v) is 4.07. The summed E-state index contributed by atoms with van der Waals surface area (Å²) in [5.41, 5.74) is 0. The molecule has 1 saturated heterocycles. The summed E-state index contributed by atoms with van der Waals surface area (Å²) >= 11 is 0. The van der Waals surface area contributed by atoms with Crippen molar-refractivity contribution in [3.05, 3.63) is 0 Å². The van der Waals surface area contributed by atoms with Crippen LogP contribution in [0.1, 0.15) is 33.1 Å². The number of sulfonamides is 1. The van der Waals surface area contributed by atoms with Gasteiger partial charge in [0.05, 0.1) is 5.75 Å². The third kappa shape index (κ3) is 6.68. The molecule has 1 atom stereocenters. The summed E-state index contributed by atoms with van der Waals surface area (Å²) in [6.45, 7) is 5.85. The molecule has 2 N–H and O–H groups in total. The zero-order valence-corrected chi connectivity index (χ0v) is 11.7. The molecule has 1 heterocycles. The van der Waals surface area contributed by atoms with Crippen LogP contribution < -0.4 is 10.0 Å². The highest BCUT2D eigenvalue weighted by molar-refractivity contribution is 7.89. The molecule has 98 valence electrons. The Balaban J connectivity index is 0.00000225. The van der Waals surface area contributed by atoms with Gasteiger partial charge in [0.25, 0.3) is 0 Å². The molecule has 1 unspecified atom stereocenters. The SMILES string of the molecule is CC(C)CCS(=O)(=O)NC1CCCNC1.Cl. The van der Waals surface area contributed by atoms with E-state index in [9.17, 15) is 8.42 Å². The first-order valence-corrected chi connectivity index (χ1v) is 7.35. The van der Waals surface area contributed by atoms with Gasteiger partial charge in [-0.2, -0.15) is 0 Å². The van der Waals surface area contributed by atoms with Gasteiger partial charge in [-0.15, -0.1) is 12.4 Å². The highest BCUT2D eigenvalue weighted by Crippen LogP contribution is 2.06. The van der Waals surface area contributed by atoms with Crippen LogP contribution in [0.3, 0.4) is 0 Å². The van der Waals surface area contributed by atoms with Crippen molar-refractivity contribution in [2.75, 3.05) is 18.8 Å². The Morgan fingerprint density at radius 3 is 2.62 bits per heavy atom. The molecule has 6 heteroatoms. The van der Waals surface area contributed by atoms with Crippen molar-refractivity contribution in [1.82, 2.24) is 10.0 Å². The van der Waals surface area contributed by atoms with Crippen molar-refractivity contribution >= 4 is 22.4 Å². The lowest BCUT2D eigenvalue weighted by Crippen LogP contribution is -2.46. The molecule has 0 aromatic rings. The quantitative estimate of drug-likeness (QED) is 0.787. The molecule has 0 spiro atoms. The van der Waals surface area contributed by atoms with Gasteiger partial charge in [-0.3, -0.25) is 0 Å². The van der Waals surface area contributed by atoms with Gasteiger partial charge >= 0.3 is 0 Å². The Morgan fingerprint density at radius 2 is 2.12 bits per heavy atom. The number of hydrogen-bond acceptors (Lipinski definition) is 3. The van der Waals surface area contributed by atoms with E-state index in [1.807, 2.05) is 13.8 Å². The lowest BCUT2D eigenvalue weighted by molar-refractivity contribution is 0.427. The molecule has 1 aliphatic heterocycles. The maximum Gasteiger partial charge on any atom is 0.211 e. The molecule has 0 radical (unpaired) electrons. The number of piperidine rings is 1. The Kier molecular flexibility index (Phi) is 7.55. The first-order valence-electron chi connectivity index (χ1n) is 5.70. The number of rotatable bonds is 5. The fourth-order valence-corrected chi connectivity index (χ4v) is 3.26. The molecule has 1 fully saturated rings. The van der Waals surface area contributed by atoms with E-state index in [0.29, 0.717) is 5.92 Å². The Labute approximate surface area is 105 Å². The van der Waals surface area contributed by atoms with E-state index < -0.39 is 10.0 Å². The third-order valence-electron chi connectivity index (χ3n) is 2.61. The van der Waals surface area contributed by atoms with Gasteiger partial charge in [0.2, 0.25) is 10.0 Å². The van der Waals surface area contributed by atoms with Gasteiger partial charge < -0.3 is 5.32 Å². The van der Waals surface area contributed by atoms with Crippen LogP contribution in [0.5, 0.6) is 0 Å². The Bertz CT molecular complexity index is 275. The second kappa shape index (κ2) is 7.48. The van der Waals surface area contributed by atoms with Crippen LogP contribution in [-0.2, 0) is 10.0 Å². The number of nitrogens with one attached hydrogen (secondary N) is 2. The summed E-state index contributed by atoms with van der Waals surface area (Å²) < 4.78 is 26.1. The summed E-state index contributed by atoms with van der Waals surface area (Å²) in [6.07, 6.45) is 2.74. The Hall–Kier alpha value is 0.160. The van der Waals surface area contributed by atoms with Crippen molar-refractivity contribution in [2.45, 2.75) is 39.2 Å². The number of halogens is 1. The molecule has 0 amide bonds. The molecule has 0 bridgehead atoms. The predicted molar refractivity (Wildman–Crippen MR) is 69.5 cm³/mol. The molecule has 0 aromatic heterocycles. The molecular weight excluding hydrogens is 248 g/mol. The van der Waals surface area contributed by atoms with Crippen LogP contribution in [0.2, 0.25) is 0 Å². The normalized spacial score (nSPS) is 21.8. The van der Waals surface area contributed by atoms with Crippen molar-refractivity contribution in [3.63, 3.8) is 0 Å². The molecule has 0 aliphatic carbocycles. The molecule has 0 aromatic carbocycles. The fourth-order valence-electron chi connectivity index (χ4n) is 1.66. The topological polar surface area (TPSA) is 58.2 Å². The lowest BCUT2D eigenvalue weighted by atomic mass is 10.1. The second-order valence-corrected chi connectivity index (χ2v) is 6.54. The minimum Gasteiger partial charge on any atom is -0.315 e. The van der Waals surface area contributed by atoms with Crippen LogP contribution in [0, 0.1) is 5.92 Å². The van der Waals surface area contributed by atoms with E-state index in [2.05, 4.69) is 10.0 Å². The minimum atomic E-state index is -3.07. The van der Waals surface area contributed by atoms with E-state index in [4.69, 9.17) is 0 Å². The first kappa shape index (κ1) is 16.2. The van der Waals surface area contributed by atoms with Gasteiger partial charge in [0.15, 0.2) is 0 Å². The van der Waals surface area contributed by atoms with Crippen LogP contribution in [-0.4, -0.2) is 33.3 Å². The molecule has 1 rings (SSSR count). The van der Waals surface area contributed by atoms with Crippen molar-refractivity contribution in [3.8, 4) is 0 Å². The predicted octanol–water partition coefficient (Wildman–Crippen LogP) is 1.13. The van der Waals surface area contributed by atoms with Crippen molar-refractivity contribution in [1.29, 1.82) is 0 Å². The molecule has 1 aliphatic rings. The smallest absolute Gasteiger partial charge is 0.211 e. The zero-order chi connectivity index (χ0) is 11.3. The van der Waals surface area contributed by atoms with Crippen molar-refractivity contribution in [2.24, 2.45) is 5.92 Å². The first-order chi connectivity index (χ1) is 6.99. The van der Waals surface area contributed by atoms with Gasteiger partial charge in [-0.05, 0) is 31.7 Å². The summed E-state index contributed by atoms with van der Waals surface area (Å²) in [5, 5.41) is 3.20. The summed E-state index contributed by atoms with van der Waals surface area (Å²) in [4.78, 5) is 0. The number of hydrogen-bond donors (Lipinski definition) is 2. The van der Waals surface area contributed by atoms with E-state index in [1.54, 1.807) is 0 Å². The van der Waals surface area contributed by atoms with Gasteiger partial charge in [-0.25, -0.2) is 13.1 Å². The zero-order valence-electron chi connectivity index (χ0n) is 10.0. The monoisotopic (exact) mass is 270 g/mol. The summed E-state index contributed by atoms with van der Waals surface area (Å²) in [6, 6.07) is 0.0934. The van der Waals surface area contributed by atoms with Crippen LogP contribution in [0.4, 0.5) is 0 Å². The minimum absolute atomic E-state index is 0. The van der Waals surface area contributed by atoms with Gasteiger partial charge in [-0.1, -0.05) is 13.8 Å². The average molecular weight is 271 g/mol. The highest BCUT2D eigenvalue weighted by Gasteiger charge is 2.19. The molecule has 4 nitrogen and oxygen atoms in total. The van der Waals surface area contributed by atoms with Gasteiger partial charge in [0.1, 0.15) is 0 Å². The Morgan fingerprint density at radius 1 is 1.44 bits per heavy atom. The molecular formula is C10H23ClN2O2S. The maximum atomic E-state index is 11.7. The fraction of sp³-hybridized carbons (Fsp3) is 1.00. The molecule has 0 saturated carbocycles. The van der Waals surface area contributed by atoms with Crippen LogP contribution in [0.25, 0.3) is 0 Å².